The lowest BCUT2D eigenvalue weighted by atomic mass is 10.1. The van der Waals surface area contributed by atoms with Crippen LogP contribution < -0.4 is 17.2 Å². The van der Waals surface area contributed by atoms with Gasteiger partial charge in [-0.2, -0.15) is 0 Å². The van der Waals surface area contributed by atoms with Gasteiger partial charge in [0.25, 0.3) is 0 Å². The van der Waals surface area contributed by atoms with Crippen molar-refractivity contribution in [2.45, 2.75) is 44.5 Å². The number of esters is 1. The van der Waals surface area contributed by atoms with Gasteiger partial charge < -0.3 is 27.0 Å². The lowest BCUT2D eigenvalue weighted by Crippen LogP contribution is -2.57. The van der Waals surface area contributed by atoms with Crippen molar-refractivity contribution in [1.29, 1.82) is 0 Å². The van der Waals surface area contributed by atoms with Crippen molar-refractivity contribution in [3.05, 3.63) is 0 Å². The average Bonchev–Trinajstić information content (AvgIpc) is 2.12. The molecule has 0 amide bonds. The summed E-state index contributed by atoms with van der Waals surface area (Å²) in [5.41, 5.74) is 15.3. The summed E-state index contributed by atoms with van der Waals surface area (Å²) in [5, 5.41) is 8.41. The Labute approximate surface area is 93.9 Å². The van der Waals surface area contributed by atoms with E-state index in [4.69, 9.17) is 27.0 Å². The summed E-state index contributed by atoms with van der Waals surface area (Å²) in [6.45, 7) is 3.05. The van der Waals surface area contributed by atoms with Crippen molar-refractivity contribution >= 4 is 11.9 Å². The van der Waals surface area contributed by atoms with Crippen molar-refractivity contribution in [1.82, 2.24) is 0 Å². The fourth-order valence-electron chi connectivity index (χ4n) is 0.785. The van der Waals surface area contributed by atoms with E-state index in [0.717, 1.165) is 0 Å². The number of carbonyl (C=O) groups is 2. The third kappa shape index (κ3) is 5.64. The molecular weight excluding hydrogens is 214 g/mol. The summed E-state index contributed by atoms with van der Waals surface area (Å²) in [6.07, 6.45) is -0.865. The highest BCUT2D eigenvalue weighted by molar-refractivity contribution is 5.76. The number of carboxylic acids is 1. The SMILES string of the molecule is CC(OC(=O)[C@@H](N)CCC(=O)O)C(C)(N)N. The quantitative estimate of drug-likeness (QED) is 0.331. The van der Waals surface area contributed by atoms with Crippen molar-refractivity contribution in [2.75, 3.05) is 0 Å². The van der Waals surface area contributed by atoms with E-state index in [1.165, 1.54) is 6.92 Å². The molecule has 0 saturated heterocycles. The van der Waals surface area contributed by atoms with Gasteiger partial charge in [0, 0.05) is 6.42 Å². The second-order valence-corrected chi connectivity index (χ2v) is 3.98. The van der Waals surface area contributed by atoms with Crippen LogP contribution in [0.1, 0.15) is 26.7 Å². The van der Waals surface area contributed by atoms with E-state index < -0.39 is 29.7 Å². The van der Waals surface area contributed by atoms with Gasteiger partial charge >= 0.3 is 11.9 Å². The largest absolute Gasteiger partial charge is 0.481 e. The van der Waals surface area contributed by atoms with Gasteiger partial charge in [-0.15, -0.1) is 0 Å². The minimum absolute atomic E-state index is 0.0206. The maximum atomic E-state index is 11.4. The molecule has 0 aromatic heterocycles. The predicted octanol–water partition coefficient (Wildman–Crippen LogP) is -1.26. The molecule has 2 atom stereocenters. The maximum Gasteiger partial charge on any atom is 0.323 e. The Hall–Kier alpha value is -1.18. The summed E-state index contributed by atoms with van der Waals surface area (Å²) in [4.78, 5) is 21.6. The molecule has 0 aromatic rings. The van der Waals surface area contributed by atoms with E-state index in [-0.39, 0.29) is 12.8 Å². The van der Waals surface area contributed by atoms with Crippen LogP contribution in [0.3, 0.4) is 0 Å². The summed E-state index contributed by atoms with van der Waals surface area (Å²) in [5.74, 6) is -1.71. The summed E-state index contributed by atoms with van der Waals surface area (Å²) in [7, 11) is 0. The molecule has 7 heteroatoms. The zero-order valence-corrected chi connectivity index (χ0v) is 9.47. The molecule has 0 fully saturated rings. The highest BCUT2D eigenvalue weighted by atomic mass is 16.5. The van der Waals surface area contributed by atoms with Gasteiger partial charge in [0.1, 0.15) is 12.1 Å². The Morgan fingerprint density at radius 1 is 1.44 bits per heavy atom. The molecule has 0 aliphatic carbocycles. The molecule has 94 valence electrons. The normalized spacial score (nSPS) is 15.3. The number of aliphatic carboxylic acids is 1. The number of carboxylic acid groups (broad SMARTS) is 1. The van der Waals surface area contributed by atoms with Gasteiger partial charge in [0.15, 0.2) is 0 Å². The van der Waals surface area contributed by atoms with Crippen molar-refractivity contribution in [3.8, 4) is 0 Å². The monoisotopic (exact) mass is 233 g/mol. The van der Waals surface area contributed by atoms with Crippen molar-refractivity contribution in [3.63, 3.8) is 0 Å². The maximum absolute atomic E-state index is 11.4. The van der Waals surface area contributed by atoms with Crippen LogP contribution in [-0.4, -0.2) is 34.9 Å². The first-order valence-electron chi connectivity index (χ1n) is 4.90. The number of carbonyl (C=O) groups excluding carboxylic acids is 1. The molecule has 0 aromatic carbocycles. The summed E-state index contributed by atoms with van der Waals surface area (Å²) >= 11 is 0. The second-order valence-electron chi connectivity index (χ2n) is 3.98. The number of hydrogen-bond acceptors (Lipinski definition) is 6. The van der Waals surface area contributed by atoms with E-state index in [2.05, 4.69) is 0 Å². The molecule has 0 aliphatic heterocycles. The van der Waals surface area contributed by atoms with Crippen LogP contribution in [0.25, 0.3) is 0 Å². The van der Waals surface area contributed by atoms with E-state index in [1.54, 1.807) is 6.92 Å². The molecule has 0 heterocycles. The fraction of sp³-hybridized carbons (Fsp3) is 0.778. The molecule has 7 N–H and O–H groups in total. The van der Waals surface area contributed by atoms with Crippen LogP contribution in [0.4, 0.5) is 0 Å². The Morgan fingerprint density at radius 2 is 1.94 bits per heavy atom. The van der Waals surface area contributed by atoms with Crippen LogP contribution in [0.2, 0.25) is 0 Å². The minimum atomic E-state index is -1.15. The van der Waals surface area contributed by atoms with E-state index in [0.29, 0.717) is 0 Å². The summed E-state index contributed by atoms with van der Waals surface area (Å²) in [6, 6.07) is -0.971. The van der Waals surface area contributed by atoms with Crippen LogP contribution in [0.15, 0.2) is 0 Å². The van der Waals surface area contributed by atoms with E-state index >= 15 is 0 Å². The zero-order chi connectivity index (χ0) is 12.9. The van der Waals surface area contributed by atoms with Gasteiger partial charge in [-0.25, -0.2) is 0 Å². The lowest BCUT2D eigenvalue weighted by Gasteiger charge is -2.27. The van der Waals surface area contributed by atoms with Crippen LogP contribution in [0, 0.1) is 0 Å². The minimum Gasteiger partial charge on any atom is -0.481 e. The van der Waals surface area contributed by atoms with Crippen LogP contribution >= 0.6 is 0 Å². The molecule has 0 spiro atoms. The van der Waals surface area contributed by atoms with Gasteiger partial charge in [0.05, 0.1) is 5.66 Å². The number of nitrogens with two attached hydrogens (primary N) is 3. The molecule has 1 unspecified atom stereocenters. The molecule has 16 heavy (non-hydrogen) atoms. The molecule has 0 rings (SSSR count). The molecule has 0 radical (unpaired) electrons. The Balaban J connectivity index is 4.10. The number of ether oxygens (including phenoxy) is 1. The standard InChI is InChI=1S/C9H19N3O4/c1-5(9(2,11)12)16-8(15)6(10)3-4-7(13)14/h5-6H,3-4,10-12H2,1-2H3,(H,13,14)/t5?,6-/m0/s1. The van der Waals surface area contributed by atoms with E-state index in [9.17, 15) is 9.59 Å². The Morgan fingerprint density at radius 3 is 2.31 bits per heavy atom. The summed E-state index contributed by atoms with van der Waals surface area (Å²) < 4.78 is 4.90. The highest BCUT2D eigenvalue weighted by Crippen LogP contribution is 2.06. The topological polar surface area (TPSA) is 142 Å². The van der Waals surface area contributed by atoms with Crippen molar-refractivity contribution in [2.24, 2.45) is 17.2 Å². The smallest absolute Gasteiger partial charge is 0.323 e. The van der Waals surface area contributed by atoms with Crippen LogP contribution in [0.5, 0.6) is 0 Å². The zero-order valence-electron chi connectivity index (χ0n) is 9.47. The molecular formula is C9H19N3O4. The highest BCUT2D eigenvalue weighted by Gasteiger charge is 2.27. The number of hydrogen-bond donors (Lipinski definition) is 4. The fourth-order valence-corrected chi connectivity index (χ4v) is 0.785. The third-order valence-corrected chi connectivity index (χ3v) is 2.14. The molecule has 0 aliphatic rings. The van der Waals surface area contributed by atoms with Gasteiger partial charge in [-0.05, 0) is 20.3 Å². The number of rotatable bonds is 6. The Bertz CT molecular complexity index is 262. The first kappa shape index (κ1) is 14.8. The Kier molecular flexibility index (Phi) is 5.36. The van der Waals surface area contributed by atoms with Crippen molar-refractivity contribution < 1.29 is 19.4 Å². The molecule has 0 bridgehead atoms. The van der Waals surface area contributed by atoms with E-state index in [1.807, 2.05) is 0 Å². The average molecular weight is 233 g/mol. The first-order valence-corrected chi connectivity index (χ1v) is 4.90. The predicted molar refractivity (Wildman–Crippen MR) is 57.2 cm³/mol. The lowest BCUT2D eigenvalue weighted by molar-refractivity contribution is -0.153. The van der Waals surface area contributed by atoms with Gasteiger partial charge in [-0.1, -0.05) is 0 Å². The first-order chi connectivity index (χ1) is 7.14. The second kappa shape index (κ2) is 5.78. The third-order valence-electron chi connectivity index (χ3n) is 2.14. The molecule has 7 nitrogen and oxygen atoms in total. The van der Waals surface area contributed by atoms with Gasteiger partial charge in [-0.3, -0.25) is 9.59 Å². The van der Waals surface area contributed by atoms with Gasteiger partial charge in [0.2, 0.25) is 0 Å². The van der Waals surface area contributed by atoms with Crippen LogP contribution in [-0.2, 0) is 14.3 Å². The molecule has 0 saturated carbocycles.